The molecular weight excluding hydrogens is 554 g/mol. The molecule has 2 heterocycles. The number of ether oxygens (including phenoxy) is 3. The van der Waals surface area contributed by atoms with Crippen molar-refractivity contribution in [2.24, 2.45) is 0 Å². The maximum absolute atomic E-state index is 13.4. The molecule has 0 radical (unpaired) electrons. The lowest BCUT2D eigenvalue weighted by Gasteiger charge is -2.15. The van der Waals surface area contributed by atoms with Crippen molar-refractivity contribution < 1.29 is 19.0 Å². The second kappa shape index (κ2) is 13.0. The van der Waals surface area contributed by atoms with E-state index in [0.29, 0.717) is 13.2 Å². The summed E-state index contributed by atoms with van der Waals surface area (Å²) < 4.78 is 20.9. The summed E-state index contributed by atoms with van der Waals surface area (Å²) in [5.74, 6) is -0.0544. The largest absolute Gasteiger partial charge is 0.497 e. The highest BCUT2D eigenvalue weighted by Gasteiger charge is 2.28. The third-order valence-electron chi connectivity index (χ3n) is 7.74. The standard InChI is InChI=1S/C35H41N3O4Si/c1-25-11-13-26(14-12-25)34-22-27(36-38(34)28-15-17-29(40-2)18-16-28)21-31(35(39)41-3)32-23-37(24-42-19-20-43(4,5)6)33-10-8-7-9-30(32)33/h7-18,22-23,31H,19-21,24H2,1-6H3. The summed E-state index contributed by atoms with van der Waals surface area (Å²) in [6, 6.07) is 27.5. The third kappa shape index (κ3) is 7.09. The van der Waals surface area contributed by atoms with E-state index in [4.69, 9.17) is 19.3 Å². The summed E-state index contributed by atoms with van der Waals surface area (Å²) in [5, 5.41) is 6.04. The van der Waals surface area contributed by atoms with Gasteiger partial charge in [-0.15, -0.1) is 0 Å². The average Bonchev–Trinajstić information content (AvgIpc) is 3.59. The summed E-state index contributed by atoms with van der Waals surface area (Å²) in [4.78, 5) is 13.4. The number of esters is 1. The van der Waals surface area contributed by atoms with Crippen molar-refractivity contribution in [1.82, 2.24) is 14.3 Å². The molecule has 5 rings (SSSR count). The molecule has 43 heavy (non-hydrogen) atoms. The van der Waals surface area contributed by atoms with Crippen LogP contribution in [0.4, 0.5) is 0 Å². The zero-order chi connectivity index (χ0) is 30.6. The van der Waals surface area contributed by atoms with E-state index in [1.54, 1.807) is 7.11 Å². The van der Waals surface area contributed by atoms with Crippen LogP contribution in [0.5, 0.6) is 5.75 Å². The summed E-state index contributed by atoms with van der Waals surface area (Å²) in [6.45, 7) is 10.3. The number of benzene rings is 3. The molecular formula is C35H41N3O4Si. The van der Waals surface area contributed by atoms with Crippen molar-refractivity contribution in [2.45, 2.75) is 51.7 Å². The molecule has 5 aromatic rings. The molecule has 0 bridgehead atoms. The number of carbonyl (C=O) groups is 1. The van der Waals surface area contributed by atoms with E-state index in [1.807, 2.05) is 47.3 Å². The maximum atomic E-state index is 13.4. The topological polar surface area (TPSA) is 67.5 Å². The lowest BCUT2D eigenvalue weighted by Crippen LogP contribution is -2.22. The van der Waals surface area contributed by atoms with E-state index < -0.39 is 14.0 Å². The Kier molecular flexibility index (Phi) is 9.18. The van der Waals surface area contributed by atoms with Gasteiger partial charge in [-0.25, -0.2) is 4.68 Å². The number of aryl methyl sites for hydroxylation is 1. The molecule has 2 aromatic heterocycles. The van der Waals surface area contributed by atoms with Crippen LogP contribution in [-0.2, 0) is 27.4 Å². The van der Waals surface area contributed by atoms with Gasteiger partial charge in [-0.05, 0) is 54.9 Å². The van der Waals surface area contributed by atoms with Crippen molar-refractivity contribution in [3.05, 3.63) is 102 Å². The number of aromatic nitrogens is 3. The van der Waals surface area contributed by atoms with Crippen molar-refractivity contribution in [2.75, 3.05) is 20.8 Å². The Hall–Kier alpha value is -4.14. The summed E-state index contributed by atoms with van der Waals surface area (Å²) in [5.41, 5.74) is 6.82. The predicted octanol–water partition coefficient (Wildman–Crippen LogP) is 7.62. The molecule has 0 N–H and O–H groups in total. The van der Waals surface area contributed by atoms with Crippen LogP contribution in [0, 0.1) is 6.92 Å². The second-order valence-electron chi connectivity index (χ2n) is 12.2. The maximum Gasteiger partial charge on any atom is 0.313 e. The van der Waals surface area contributed by atoms with E-state index in [-0.39, 0.29) is 5.97 Å². The molecule has 0 fully saturated rings. The Morgan fingerprint density at radius 2 is 1.67 bits per heavy atom. The minimum atomic E-state index is -1.20. The number of rotatable bonds is 12. The highest BCUT2D eigenvalue weighted by atomic mass is 28.3. The predicted molar refractivity (Wildman–Crippen MR) is 175 cm³/mol. The Morgan fingerprint density at radius 1 is 0.953 bits per heavy atom. The van der Waals surface area contributed by atoms with Crippen LogP contribution >= 0.6 is 0 Å². The minimum Gasteiger partial charge on any atom is -0.497 e. The van der Waals surface area contributed by atoms with Gasteiger partial charge in [0.1, 0.15) is 12.5 Å². The molecule has 7 nitrogen and oxygen atoms in total. The van der Waals surface area contributed by atoms with Crippen LogP contribution in [0.2, 0.25) is 25.7 Å². The van der Waals surface area contributed by atoms with Gasteiger partial charge in [0.05, 0.1) is 42.7 Å². The molecule has 0 saturated carbocycles. The van der Waals surface area contributed by atoms with Crippen LogP contribution in [-0.4, -0.2) is 49.2 Å². The zero-order valence-electron chi connectivity index (χ0n) is 26.0. The zero-order valence-corrected chi connectivity index (χ0v) is 27.0. The monoisotopic (exact) mass is 595 g/mol. The number of hydrogen-bond acceptors (Lipinski definition) is 5. The number of methoxy groups -OCH3 is 2. The van der Waals surface area contributed by atoms with E-state index in [2.05, 4.69) is 73.6 Å². The number of carbonyl (C=O) groups excluding carboxylic acids is 1. The SMILES string of the molecule is COC(=O)C(Cc1cc(-c2ccc(C)cc2)n(-c2ccc(OC)cc2)n1)c1cn(COCC[Si](C)(C)C)c2ccccc12. The summed E-state index contributed by atoms with van der Waals surface area (Å²) >= 11 is 0. The molecule has 224 valence electrons. The number of fused-ring (bicyclic) bond motifs is 1. The molecule has 1 atom stereocenters. The highest BCUT2D eigenvalue weighted by molar-refractivity contribution is 6.76. The molecule has 0 aliphatic carbocycles. The fraction of sp³-hybridized carbons (Fsp3) is 0.314. The fourth-order valence-corrected chi connectivity index (χ4v) is 6.01. The van der Waals surface area contributed by atoms with E-state index >= 15 is 0 Å². The van der Waals surface area contributed by atoms with Gasteiger partial charge >= 0.3 is 5.97 Å². The fourth-order valence-electron chi connectivity index (χ4n) is 5.25. The molecule has 0 amide bonds. The normalized spacial score (nSPS) is 12.4. The third-order valence-corrected chi connectivity index (χ3v) is 9.45. The second-order valence-corrected chi connectivity index (χ2v) is 17.8. The molecule has 1 unspecified atom stereocenters. The lowest BCUT2D eigenvalue weighted by molar-refractivity contribution is -0.142. The molecule has 0 aliphatic heterocycles. The summed E-state index contributed by atoms with van der Waals surface area (Å²) in [7, 11) is 1.91. The number of hydrogen-bond donors (Lipinski definition) is 0. The minimum absolute atomic E-state index is 0.293. The first-order chi connectivity index (χ1) is 20.7. The van der Waals surface area contributed by atoms with Crippen molar-refractivity contribution in [3.63, 3.8) is 0 Å². The van der Waals surface area contributed by atoms with E-state index in [0.717, 1.165) is 57.5 Å². The molecule has 3 aromatic carbocycles. The van der Waals surface area contributed by atoms with E-state index in [9.17, 15) is 4.79 Å². The first-order valence-corrected chi connectivity index (χ1v) is 18.4. The van der Waals surface area contributed by atoms with Gasteiger partial charge < -0.3 is 18.8 Å². The van der Waals surface area contributed by atoms with Gasteiger partial charge in [-0.2, -0.15) is 5.10 Å². The van der Waals surface area contributed by atoms with Crippen molar-refractivity contribution >= 4 is 24.9 Å². The van der Waals surface area contributed by atoms with Crippen LogP contribution in [0.15, 0.2) is 85.1 Å². The molecule has 0 saturated heterocycles. The van der Waals surface area contributed by atoms with Gasteiger partial charge in [0.2, 0.25) is 0 Å². The van der Waals surface area contributed by atoms with E-state index in [1.165, 1.54) is 12.7 Å². The first-order valence-electron chi connectivity index (χ1n) is 14.7. The quantitative estimate of drug-likeness (QED) is 0.0843. The molecule has 8 heteroatoms. The van der Waals surface area contributed by atoms with Crippen LogP contribution in [0.3, 0.4) is 0 Å². The Balaban J connectivity index is 1.52. The average molecular weight is 596 g/mol. The van der Waals surface area contributed by atoms with Gasteiger partial charge in [0, 0.05) is 38.2 Å². The van der Waals surface area contributed by atoms with Crippen molar-refractivity contribution in [1.29, 1.82) is 0 Å². The Labute approximate surface area is 255 Å². The molecule has 0 spiro atoms. The van der Waals surface area contributed by atoms with Crippen LogP contribution < -0.4 is 4.74 Å². The van der Waals surface area contributed by atoms with Gasteiger partial charge in [0.25, 0.3) is 0 Å². The summed E-state index contributed by atoms with van der Waals surface area (Å²) in [6.07, 6.45) is 2.43. The Bertz CT molecular complexity index is 1680. The smallest absolute Gasteiger partial charge is 0.313 e. The van der Waals surface area contributed by atoms with Gasteiger partial charge in [-0.1, -0.05) is 67.7 Å². The lowest BCUT2D eigenvalue weighted by atomic mass is 9.93. The first kappa shape index (κ1) is 30.3. The highest BCUT2D eigenvalue weighted by Crippen LogP contribution is 2.33. The number of nitrogens with zero attached hydrogens (tertiary/aromatic N) is 3. The van der Waals surface area contributed by atoms with Gasteiger partial charge in [-0.3, -0.25) is 4.79 Å². The van der Waals surface area contributed by atoms with Gasteiger partial charge in [0.15, 0.2) is 0 Å². The van der Waals surface area contributed by atoms with Crippen LogP contribution in [0.1, 0.15) is 22.7 Å². The molecule has 0 aliphatic rings. The van der Waals surface area contributed by atoms with Crippen LogP contribution in [0.25, 0.3) is 27.8 Å². The number of para-hydroxylation sites is 1. The van der Waals surface area contributed by atoms with Crippen molar-refractivity contribution in [3.8, 4) is 22.7 Å². The Morgan fingerprint density at radius 3 is 2.35 bits per heavy atom.